The third-order valence-electron chi connectivity index (χ3n) is 2.26. The lowest BCUT2D eigenvalue weighted by atomic mass is 10.0. The molecule has 17 heavy (non-hydrogen) atoms. The van der Waals surface area contributed by atoms with Gasteiger partial charge in [0.15, 0.2) is 6.10 Å². The number of aliphatic hydroxyl groups is 1. The number of amides is 1. The number of rotatable bonds is 3. The second-order valence-electron chi connectivity index (χ2n) is 3.50. The van der Waals surface area contributed by atoms with Crippen molar-refractivity contribution in [2.24, 2.45) is 11.5 Å². The van der Waals surface area contributed by atoms with Crippen molar-refractivity contribution in [3.63, 3.8) is 0 Å². The summed E-state index contributed by atoms with van der Waals surface area (Å²) in [7, 11) is 0. The van der Waals surface area contributed by atoms with Gasteiger partial charge in [0.25, 0.3) is 0 Å². The van der Waals surface area contributed by atoms with Crippen molar-refractivity contribution >= 4 is 5.91 Å². The summed E-state index contributed by atoms with van der Waals surface area (Å²) in [5, 5.41) is 8.94. The lowest BCUT2D eigenvalue weighted by Gasteiger charge is -2.21. The Kier molecular flexibility index (Phi) is 3.74. The smallest absolute Gasteiger partial charge is 0.382 e. The molecule has 0 aliphatic rings. The molecule has 2 atom stereocenters. The molecule has 0 spiro atoms. The van der Waals surface area contributed by atoms with Crippen molar-refractivity contribution in [3.8, 4) is 0 Å². The summed E-state index contributed by atoms with van der Waals surface area (Å²) in [6.07, 6.45) is -7.44. The SMILES string of the molecule is NC(=O)c1ccc(C(N)[C@@H](O)C(F)(F)F)cc1. The zero-order valence-corrected chi connectivity index (χ0v) is 8.61. The van der Waals surface area contributed by atoms with Gasteiger partial charge in [-0.1, -0.05) is 12.1 Å². The maximum Gasteiger partial charge on any atom is 0.416 e. The number of primary amides is 1. The molecule has 0 aromatic heterocycles. The first kappa shape index (κ1) is 13.5. The summed E-state index contributed by atoms with van der Waals surface area (Å²) in [6.45, 7) is 0. The van der Waals surface area contributed by atoms with Gasteiger partial charge in [0.2, 0.25) is 5.91 Å². The fourth-order valence-electron chi connectivity index (χ4n) is 1.26. The van der Waals surface area contributed by atoms with Gasteiger partial charge in [0.1, 0.15) is 0 Å². The lowest BCUT2D eigenvalue weighted by Crippen LogP contribution is -2.38. The van der Waals surface area contributed by atoms with Crippen LogP contribution in [0.4, 0.5) is 13.2 Å². The highest BCUT2D eigenvalue weighted by Gasteiger charge is 2.42. The van der Waals surface area contributed by atoms with Crippen LogP contribution in [0.1, 0.15) is 22.0 Å². The highest BCUT2D eigenvalue weighted by molar-refractivity contribution is 5.92. The third-order valence-corrected chi connectivity index (χ3v) is 2.26. The maximum absolute atomic E-state index is 12.2. The van der Waals surface area contributed by atoms with Crippen LogP contribution in [0.15, 0.2) is 24.3 Å². The molecular weight excluding hydrogens is 237 g/mol. The lowest BCUT2D eigenvalue weighted by molar-refractivity contribution is -0.210. The summed E-state index contributed by atoms with van der Waals surface area (Å²) in [6, 6.07) is 3.35. The second-order valence-corrected chi connectivity index (χ2v) is 3.50. The van der Waals surface area contributed by atoms with Gasteiger partial charge in [-0.2, -0.15) is 13.2 Å². The summed E-state index contributed by atoms with van der Waals surface area (Å²) in [5.41, 5.74) is 10.5. The van der Waals surface area contributed by atoms with Crippen LogP contribution < -0.4 is 11.5 Å². The van der Waals surface area contributed by atoms with E-state index in [9.17, 15) is 18.0 Å². The molecule has 0 saturated heterocycles. The Bertz CT molecular complexity index is 403. The van der Waals surface area contributed by atoms with Gasteiger partial charge in [-0.05, 0) is 17.7 Å². The Morgan fingerprint density at radius 2 is 1.71 bits per heavy atom. The van der Waals surface area contributed by atoms with E-state index < -0.39 is 24.2 Å². The van der Waals surface area contributed by atoms with Gasteiger partial charge >= 0.3 is 6.18 Å². The number of aliphatic hydroxyl groups excluding tert-OH is 1. The summed E-state index contributed by atoms with van der Waals surface area (Å²) in [5.74, 6) is -0.693. The normalized spacial score (nSPS) is 15.4. The van der Waals surface area contributed by atoms with E-state index in [1.54, 1.807) is 0 Å². The van der Waals surface area contributed by atoms with Crippen LogP contribution in [0, 0.1) is 0 Å². The molecule has 0 fully saturated rings. The Hall–Kier alpha value is -1.60. The van der Waals surface area contributed by atoms with Crippen LogP contribution in [0.2, 0.25) is 0 Å². The second kappa shape index (κ2) is 4.72. The molecular formula is C10H11F3N2O2. The molecule has 0 saturated carbocycles. The van der Waals surface area contributed by atoms with Crippen LogP contribution >= 0.6 is 0 Å². The maximum atomic E-state index is 12.2. The topological polar surface area (TPSA) is 89.3 Å². The number of hydrogen-bond acceptors (Lipinski definition) is 3. The largest absolute Gasteiger partial charge is 0.416 e. The van der Waals surface area contributed by atoms with Gasteiger partial charge in [-0.15, -0.1) is 0 Å². The van der Waals surface area contributed by atoms with E-state index in [4.69, 9.17) is 16.6 Å². The molecule has 0 heterocycles. The number of alkyl halides is 3. The number of benzene rings is 1. The zero-order chi connectivity index (χ0) is 13.2. The van der Waals surface area contributed by atoms with Gasteiger partial charge < -0.3 is 16.6 Å². The minimum absolute atomic E-state index is 0.0693. The first-order valence-corrected chi connectivity index (χ1v) is 4.63. The van der Waals surface area contributed by atoms with Crippen molar-refractivity contribution in [2.45, 2.75) is 18.3 Å². The van der Waals surface area contributed by atoms with E-state index in [2.05, 4.69) is 0 Å². The fourth-order valence-corrected chi connectivity index (χ4v) is 1.26. The minimum Gasteiger partial charge on any atom is -0.382 e. The van der Waals surface area contributed by atoms with Crippen LogP contribution in [0.5, 0.6) is 0 Å². The van der Waals surface area contributed by atoms with Crippen molar-refractivity contribution in [2.75, 3.05) is 0 Å². The molecule has 0 radical (unpaired) electrons. The predicted octanol–water partition coefficient (Wildman–Crippen LogP) is 0.709. The molecule has 5 N–H and O–H groups in total. The van der Waals surface area contributed by atoms with E-state index in [1.807, 2.05) is 0 Å². The van der Waals surface area contributed by atoms with E-state index in [0.717, 1.165) is 0 Å². The molecule has 1 amide bonds. The Morgan fingerprint density at radius 1 is 1.24 bits per heavy atom. The zero-order valence-electron chi connectivity index (χ0n) is 8.61. The van der Waals surface area contributed by atoms with E-state index >= 15 is 0 Å². The monoisotopic (exact) mass is 248 g/mol. The van der Waals surface area contributed by atoms with Gasteiger partial charge in [0, 0.05) is 5.56 Å². The fraction of sp³-hybridized carbons (Fsp3) is 0.300. The number of hydrogen-bond donors (Lipinski definition) is 3. The Labute approximate surface area is 95.0 Å². The number of nitrogens with two attached hydrogens (primary N) is 2. The van der Waals surface area contributed by atoms with Crippen LogP contribution in [0.3, 0.4) is 0 Å². The molecule has 1 aromatic carbocycles. The first-order valence-electron chi connectivity index (χ1n) is 4.63. The van der Waals surface area contributed by atoms with Crippen molar-refractivity contribution < 1.29 is 23.1 Å². The van der Waals surface area contributed by atoms with Crippen LogP contribution in [-0.4, -0.2) is 23.3 Å². The van der Waals surface area contributed by atoms with Crippen molar-refractivity contribution in [1.82, 2.24) is 0 Å². The molecule has 94 valence electrons. The molecule has 1 rings (SSSR count). The quantitative estimate of drug-likeness (QED) is 0.735. The number of carbonyl (C=O) groups excluding carboxylic acids is 1. The van der Waals surface area contributed by atoms with E-state index in [-0.39, 0.29) is 11.1 Å². The molecule has 0 aliphatic carbocycles. The van der Waals surface area contributed by atoms with Gasteiger partial charge in [-0.3, -0.25) is 4.79 Å². The molecule has 4 nitrogen and oxygen atoms in total. The highest BCUT2D eigenvalue weighted by Crippen LogP contribution is 2.28. The molecule has 7 heteroatoms. The molecule has 1 aromatic rings. The van der Waals surface area contributed by atoms with Gasteiger partial charge in [-0.25, -0.2) is 0 Å². The first-order chi connectivity index (χ1) is 7.73. The molecule has 0 bridgehead atoms. The average Bonchev–Trinajstić information content (AvgIpc) is 2.26. The Balaban J connectivity index is 2.90. The number of halogens is 3. The Morgan fingerprint density at radius 3 is 2.06 bits per heavy atom. The summed E-state index contributed by atoms with van der Waals surface area (Å²) >= 11 is 0. The summed E-state index contributed by atoms with van der Waals surface area (Å²) in [4.78, 5) is 10.7. The van der Waals surface area contributed by atoms with Crippen LogP contribution in [-0.2, 0) is 0 Å². The van der Waals surface area contributed by atoms with Crippen molar-refractivity contribution in [3.05, 3.63) is 35.4 Å². The predicted molar refractivity (Wildman–Crippen MR) is 54.0 cm³/mol. The van der Waals surface area contributed by atoms with E-state index in [0.29, 0.717) is 0 Å². The van der Waals surface area contributed by atoms with E-state index in [1.165, 1.54) is 24.3 Å². The standard InChI is InChI=1S/C10H11F3N2O2/c11-10(12,13)8(16)7(14)5-1-3-6(4-2-5)9(15)17/h1-4,7-8,16H,14H2,(H2,15,17)/t7?,8-/m1/s1. The number of carbonyl (C=O) groups is 1. The molecule has 0 aliphatic heterocycles. The van der Waals surface area contributed by atoms with Crippen LogP contribution in [0.25, 0.3) is 0 Å². The van der Waals surface area contributed by atoms with Crippen molar-refractivity contribution in [1.29, 1.82) is 0 Å². The average molecular weight is 248 g/mol. The summed E-state index contributed by atoms with van der Waals surface area (Å²) < 4.78 is 36.6. The van der Waals surface area contributed by atoms with Gasteiger partial charge in [0.05, 0.1) is 6.04 Å². The molecule has 1 unspecified atom stereocenters. The highest BCUT2D eigenvalue weighted by atomic mass is 19.4. The third kappa shape index (κ3) is 3.18. The minimum atomic E-state index is -4.79.